The van der Waals surface area contributed by atoms with Crippen LogP contribution in [0.4, 0.5) is 0 Å². The number of halogens is 1. The Labute approximate surface area is 121 Å². The fourth-order valence-electron chi connectivity index (χ4n) is 2.88. The number of aliphatic hydroxyl groups is 1. The fourth-order valence-corrected chi connectivity index (χ4v) is 3.33. The first-order valence-electron chi connectivity index (χ1n) is 6.47. The van der Waals surface area contributed by atoms with Crippen LogP contribution in [0.5, 0.6) is 0 Å². The summed E-state index contributed by atoms with van der Waals surface area (Å²) < 4.78 is 3.05. The summed E-state index contributed by atoms with van der Waals surface area (Å²) in [6.07, 6.45) is 5.18. The monoisotopic (exact) mass is 320 g/mol. The largest absolute Gasteiger partial charge is 0.388 e. The zero-order valence-corrected chi connectivity index (χ0v) is 12.7. The number of nitrogens with zero attached hydrogens (tertiary/aromatic N) is 2. The second-order valence-electron chi connectivity index (χ2n) is 5.96. The molecule has 0 fully saturated rings. The van der Waals surface area contributed by atoms with E-state index in [0.29, 0.717) is 0 Å². The standard InChI is InChI=1S/C15H17BrN2O/c1-15(2)8-12-10(13(19)9-15)5-7-18(12)14-11(16)4-3-6-17-14/h3-7,13,19H,8-9H2,1-2H3. The predicted molar refractivity (Wildman–Crippen MR) is 78.3 cm³/mol. The molecule has 2 heterocycles. The summed E-state index contributed by atoms with van der Waals surface area (Å²) in [5.74, 6) is 0.883. The number of hydrogen-bond acceptors (Lipinski definition) is 2. The Balaban J connectivity index is 2.14. The van der Waals surface area contributed by atoms with E-state index < -0.39 is 0 Å². The van der Waals surface area contributed by atoms with Gasteiger partial charge in [0.2, 0.25) is 0 Å². The van der Waals surface area contributed by atoms with E-state index in [9.17, 15) is 5.11 Å². The molecule has 3 rings (SSSR count). The number of pyridine rings is 1. The first-order chi connectivity index (χ1) is 8.98. The molecule has 0 radical (unpaired) electrons. The Morgan fingerprint density at radius 2 is 2.21 bits per heavy atom. The summed E-state index contributed by atoms with van der Waals surface area (Å²) in [7, 11) is 0. The van der Waals surface area contributed by atoms with Crippen LogP contribution in [-0.4, -0.2) is 14.7 Å². The molecule has 0 amide bonds. The SMILES string of the molecule is CC1(C)Cc2c(ccn2-c2ncccc2Br)C(O)C1. The van der Waals surface area contributed by atoms with Crippen LogP contribution in [0.1, 0.15) is 37.6 Å². The molecule has 0 saturated heterocycles. The van der Waals surface area contributed by atoms with Crippen molar-refractivity contribution in [2.45, 2.75) is 32.8 Å². The normalized spacial score (nSPS) is 21.2. The van der Waals surface area contributed by atoms with Crippen molar-refractivity contribution in [1.82, 2.24) is 9.55 Å². The van der Waals surface area contributed by atoms with Crippen molar-refractivity contribution >= 4 is 15.9 Å². The maximum atomic E-state index is 10.3. The fraction of sp³-hybridized carbons (Fsp3) is 0.400. The quantitative estimate of drug-likeness (QED) is 0.871. The Morgan fingerprint density at radius 3 is 2.95 bits per heavy atom. The van der Waals surface area contributed by atoms with E-state index in [0.717, 1.165) is 28.7 Å². The first kappa shape index (κ1) is 12.9. The lowest BCUT2D eigenvalue weighted by molar-refractivity contribution is 0.0986. The molecule has 100 valence electrons. The summed E-state index contributed by atoms with van der Waals surface area (Å²) in [5, 5.41) is 10.3. The van der Waals surface area contributed by atoms with E-state index in [2.05, 4.69) is 39.3 Å². The minimum atomic E-state index is -0.373. The van der Waals surface area contributed by atoms with Crippen LogP contribution >= 0.6 is 15.9 Å². The van der Waals surface area contributed by atoms with Gasteiger partial charge in [-0.15, -0.1) is 0 Å². The molecule has 3 nitrogen and oxygen atoms in total. The van der Waals surface area contributed by atoms with E-state index in [1.807, 2.05) is 24.4 Å². The van der Waals surface area contributed by atoms with Crippen molar-refractivity contribution in [3.05, 3.63) is 46.3 Å². The van der Waals surface area contributed by atoms with Crippen molar-refractivity contribution in [2.75, 3.05) is 0 Å². The van der Waals surface area contributed by atoms with Crippen LogP contribution < -0.4 is 0 Å². The zero-order chi connectivity index (χ0) is 13.6. The molecule has 1 N–H and O–H groups in total. The summed E-state index contributed by atoms with van der Waals surface area (Å²) in [4.78, 5) is 4.44. The highest BCUT2D eigenvalue weighted by molar-refractivity contribution is 9.10. The molecule has 4 heteroatoms. The summed E-state index contributed by atoms with van der Waals surface area (Å²) in [6, 6.07) is 5.90. The summed E-state index contributed by atoms with van der Waals surface area (Å²) >= 11 is 3.54. The Morgan fingerprint density at radius 1 is 1.42 bits per heavy atom. The van der Waals surface area contributed by atoms with Crippen molar-refractivity contribution in [3.63, 3.8) is 0 Å². The summed E-state index contributed by atoms with van der Waals surface area (Å²) in [6.45, 7) is 4.40. The molecule has 1 aliphatic carbocycles. The maximum Gasteiger partial charge on any atom is 0.151 e. The van der Waals surface area contributed by atoms with Crippen LogP contribution in [0.15, 0.2) is 35.1 Å². The molecule has 19 heavy (non-hydrogen) atoms. The Hall–Kier alpha value is -1.13. The molecule has 0 saturated carbocycles. The van der Waals surface area contributed by atoms with Gasteiger partial charge in [0.05, 0.1) is 10.6 Å². The van der Waals surface area contributed by atoms with E-state index in [1.165, 1.54) is 5.69 Å². The minimum Gasteiger partial charge on any atom is -0.388 e. The Bertz CT molecular complexity index is 618. The molecular formula is C15H17BrN2O. The predicted octanol–water partition coefficient (Wildman–Crippen LogP) is 3.64. The van der Waals surface area contributed by atoms with E-state index in [4.69, 9.17) is 0 Å². The van der Waals surface area contributed by atoms with Gasteiger partial charge in [0.25, 0.3) is 0 Å². The topological polar surface area (TPSA) is 38.0 Å². The van der Waals surface area contributed by atoms with Crippen LogP contribution in [-0.2, 0) is 6.42 Å². The van der Waals surface area contributed by atoms with Gasteiger partial charge < -0.3 is 9.67 Å². The molecule has 0 spiro atoms. The highest BCUT2D eigenvalue weighted by Gasteiger charge is 2.33. The molecule has 0 bridgehead atoms. The van der Waals surface area contributed by atoms with Gasteiger partial charge in [0, 0.05) is 23.7 Å². The number of hydrogen-bond donors (Lipinski definition) is 1. The van der Waals surface area contributed by atoms with Gasteiger partial charge >= 0.3 is 0 Å². The number of rotatable bonds is 1. The third-order valence-corrected chi connectivity index (χ3v) is 4.36. The van der Waals surface area contributed by atoms with Crippen LogP contribution in [0.3, 0.4) is 0 Å². The minimum absolute atomic E-state index is 0.115. The second-order valence-corrected chi connectivity index (χ2v) is 6.81. The molecule has 2 aromatic heterocycles. The van der Waals surface area contributed by atoms with E-state index >= 15 is 0 Å². The average Bonchev–Trinajstić information content (AvgIpc) is 2.72. The second kappa shape index (κ2) is 4.46. The van der Waals surface area contributed by atoms with Gasteiger partial charge in [-0.3, -0.25) is 0 Å². The van der Waals surface area contributed by atoms with Gasteiger partial charge in [0.15, 0.2) is 5.82 Å². The van der Waals surface area contributed by atoms with Crippen molar-refractivity contribution in [1.29, 1.82) is 0 Å². The molecule has 0 aromatic carbocycles. The van der Waals surface area contributed by atoms with Crippen molar-refractivity contribution in [3.8, 4) is 5.82 Å². The lowest BCUT2D eigenvalue weighted by Gasteiger charge is -2.33. The third-order valence-electron chi connectivity index (χ3n) is 3.75. The van der Waals surface area contributed by atoms with Gasteiger partial charge in [-0.1, -0.05) is 13.8 Å². The average molecular weight is 321 g/mol. The Kier molecular flexibility index (Phi) is 3.02. The van der Waals surface area contributed by atoms with Gasteiger partial charge in [-0.05, 0) is 52.4 Å². The van der Waals surface area contributed by atoms with Crippen LogP contribution in [0.2, 0.25) is 0 Å². The van der Waals surface area contributed by atoms with Gasteiger partial charge in [-0.2, -0.15) is 0 Å². The van der Waals surface area contributed by atoms with Crippen LogP contribution in [0.25, 0.3) is 5.82 Å². The summed E-state index contributed by atoms with van der Waals surface area (Å²) in [5.41, 5.74) is 2.32. The first-order valence-corrected chi connectivity index (χ1v) is 7.26. The molecule has 1 unspecified atom stereocenters. The van der Waals surface area contributed by atoms with Gasteiger partial charge in [0.1, 0.15) is 0 Å². The van der Waals surface area contributed by atoms with Crippen molar-refractivity contribution < 1.29 is 5.11 Å². The number of aromatic nitrogens is 2. The lowest BCUT2D eigenvalue weighted by Crippen LogP contribution is -2.26. The number of aliphatic hydroxyl groups excluding tert-OH is 1. The molecule has 1 atom stereocenters. The molecule has 1 aliphatic rings. The molecular weight excluding hydrogens is 304 g/mol. The zero-order valence-electron chi connectivity index (χ0n) is 11.1. The van der Waals surface area contributed by atoms with Crippen molar-refractivity contribution in [2.24, 2.45) is 5.41 Å². The van der Waals surface area contributed by atoms with Crippen LogP contribution in [0, 0.1) is 5.41 Å². The highest BCUT2D eigenvalue weighted by atomic mass is 79.9. The lowest BCUT2D eigenvalue weighted by atomic mass is 9.75. The third kappa shape index (κ3) is 2.23. The van der Waals surface area contributed by atoms with E-state index in [-0.39, 0.29) is 11.5 Å². The van der Waals surface area contributed by atoms with E-state index in [1.54, 1.807) is 6.20 Å². The smallest absolute Gasteiger partial charge is 0.151 e. The highest BCUT2D eigenvalue weighted by Crippen LogP contribution is 2.42. The molecule has 2 aromatic rings. The van der Waals surface area contributed by atoms with Gasteiger partial charge in [-0.25, -0.2) is 4.98 Å². The maximum absolute atomic E-state index is 10.3. The molecule has 0 aliphatic heterocycles. The number of fused-ring (bicyclic) bond motifs is 1.